The van der Waals surface area contributed by atoms with E-state index in [4.69, 9.17) is 9.26 Å². The molecule has 2 aromatic carbocycles. The fourth-order valence-corrected chi connectivity index (χ4v) is 5.21. The second-order valence-corrected chi connectivity index (χ2v) is 11.4. The third-order valence-corrected chi connectivity index (χ3v) is 7.75. The first-order chi connectivity index (χ1) is 16.1. The molecule has 2 heterocycles. The monoisotopic (exact) mass is 489 g/mol. The number of nitrogens with zero attached hydrogens (tertiary/aromatic N) is 3. The molecular formula is C24H25F2N3O4S. The summed E-state index contributed by atoms with van der Waals surface area (Å²) in [6.07, 6.45) is 1.10. The number of benzene rings is 2. The SMILES string of the molecule is CC(C)c1noc(N2C[C@@H]3C(COc4c(F)cc(-c5ccc(S(C)(=O)=O)cc5)cc4F)[C@@H]3C2)n1. The average Bonchev–Trinajstić information content (AvgIpc) is 3.16. The molecule has 2 aliphatic rings. The van der Waals surface area contributed by atoms with Crippen molar-refractivity contribution >= 4 is 15.9 Å². The van der Waals surface area contributed by atoms with Crippen LogP contribution in [0.4, 0.5) is 14.8 Å². The van der Waals surface area contributed by atoms with Gasteiger partial charge in [-0.1, -0.05) is 31.1 Å². The molecule has 1 aromatic heterocycles. The highest BCUT2D eigenvalue weighted by Crippen LogP contribution is 2.52. The second-order valence-electron chi connectivity index (χ2n) is 9.36. The molecule has 2 fully saturated rings. The maximum atomic E-state index is 14.7. The van der Waals surface area contributed by atoms with Crippen LogP contribution in [0.5, 0.6) is 5.75 Å². The summed E-state index contributed by atoms with van der Waals surface area (Å²) in [5, 5.41) is 4.00. The number of hydrogen-bond acceptors (Lipinski definition) is 7. The van der Waals surface area contributed by atoms with Gasteiger partial charge in [-0.25, -0.2) is 17.2 Å². The fourth-order valence-electron chi connectivity index (χ4n) is 4.58. The highest BCUT2D eigenvalue weighted by Gasteiger charge is 2.57. The third kappa shape index (κ3) is 4.26. The van der Waals surface area contributed by atoms with Crippen LogP contribution in [-0.2, 0) is 9.84 Å². The average molecular weight is 490 g/mol. The van der Waals surface area contributed by atoms with Crippen molar-refractivity contribution in [3.05, 3.63) is 53.9 Å². The maximum absolute atomic E-state index is 14.7. The van der Waals surface area contributed by atoms with Gasteiger partial charge in [0.05, 0.1) is 11.5 Å². The van der Waals surface area contributed by atoms with Crippen molar-refractivity contribution in [2.45, 2.75) is 24.7 Å². The Kier molecular flexibility index (Phi) is 5.58. The van der Waals surface area contributed by atoms with Gasteiger partial charge in [0.1, 0.15) is 0 Å². The number of halogens is 2. The minimum absolute atomic E-state index is 0.144. The van der Waals surface area contributed by atoms with Crippen molar-refractivity contribution in [3.63, 3.8) is 0 Å². The summed E-state index contributed by atoms with van der Waals surface area (Å²) in [6.45, 7) is 5.75. The van der Waals surface area contributed by atoms with Crippen molar-refractivity contribution in [2.75, 3.05) is 30.9 Å². The molecule has 10 heteroatoms. The van der Waals surface area contributed by atoms with Gasteiger partial charge in [0, 0.05) is 31.2 Å². The van der Waals surface area contributed by atoms with Crippen molar-refractivity contribution < 1.29 is 26.5 Å². The first-order valence-corrected chi connectivity index (χ1v) is 13.0. The topological polar surface area (TPSA) is 85.5 Å². The predicted molar refractivity (Wildman–Crippen MR) is 121 cm³/mol. The minimum Gasteiger partial charge on any atom is -0.487 e. The number of rotatable bonds is 7. The molecule has 0 radical (unpaired) electrons. The Morgan fingerprint density at radius 2 is 1.71 bits per heavy atom. The molecule has 5 rings (SSSR count). The summed E-state index contributed by atoms with van der Waals surface area (Å²) >= 11 is 0. The summed E-state index contributed by atoms with van der Waals surface area (Å²) in [5.74, 6) is -0.137. The standard InChI is InChI=1S/C24H25F2N3O4S/c1-13(2)23-27-24(33-28-23)29-10-17-18(11-29)19(17)12-32-22-20(25)8-15(9-21(22)26)14-4-6-16(7-5-14)34(3,30)31/h4-9,13,17-19H,10-12H2,1-3H3/t17-,18+,19?. The molecule has 1 aliphatic carbocycles. The molecule has 1 aliphatic heterocycles. The fraction of sp³-hybridized carbons (Fsp3) is 0.417. The van der Waals surface area contributed by atoms with E-state index in [9.17, 15) is 17.2 Å². The first-order valence-electron chi connectivity index (χ1n) is 11.1. The zero-order valence-corrected chi connectivity index (χ0v) is 19.9. The van der Waals surface area contributed by atoms with Crippen LogP contribution in [0.2, 0.25) is 0 Å². The van der Waals surface area contributed by atoms with E-state index in [2.05, 4.69) is 15.0 Å². The lowest BCUT2D eigenvalue weighted by atomic mass is 10.1. The van der Waals surface area contributed by atoms with Gasteiger partial charge in [0.25, 0.3) is 0 Å². The van der Waals surface area contributed by atoms with Crippen LogP contribution in [0.3, 0.4) is 0 Å². The predicted octanol–water partition coefficient (Wildman–Crippen LogP) is 4.30. The molecule has 34 heavy (non-hydrogen) atoms. The van der Waals surface area contributed by atoms with Crippen molar-refractivity contribution in [1.82, 2.24) is 10.1 Å². The van der Waals surface area contributed by atoms with Crippen LogP contribution in [0.25, 0.3) is 11.1 Å². The summed E-state index contributed by atoms with van der Waals surface area (Å²) in [4.78, 5) is 6.62. The van der Waals surface area contributed by atoms with Gasteiger partial charge in [0.15, 0.2) is 33.0 Å². The van der Waals surface area contributed by atoms with Crippen LogP contribution in [0, 0.1) is 29.4 Å². The van der Waals surface area contributed by atoms with Crippen LogP contribution in [0.15, 0.2) is 45.8 Å². The van der Waals surface area contributed by atoms with Gasteiger partial charge in [-0.3, -0.25) is 0 Å². The number of anilines is 1. The van der Waals surface area contributed by atoms with Gasteiger partial charge >= 0.3 is 6.01 Å². The Hall–Kier alpha value is -3.01. The molecule has 1 saturated heterocycles. The van der Waals surface area contributed by atoms with Crippen LogP contribution < -0.4 is 9.64 Å². The summed E-state index contributed by atoms with van der Waals surface area (Å²) in [5.41, 5.74) is 0.817. The highest BCUT2D eigenvalue weighted by molar-refractivity contribution is 7.90. The largest absolute Gasteiger partial charge is 0.487 e. The highest BCUT2D eigenvalue weighted by atomic mass is 32.2. The molecule has 0 spiro atoms. The summed E-state index contributed by atoms with van der Waals surface area (Å²) in [6, 6.07) is 8.80. The molecule has 3 aromatic rings. The van der Waals surface area contributed by atoms with E-state index in [0.717, 1.165) is 19.3 Å². The van der Waals surface area contributed by atoms with Gasteiger partial charge in [-0.05, 0) is 47.2 Å². The Labute approximate surface area is 196 Å². The Balaban J connectivity index is 1.20. The van der Waals surface area contributed by atoms with E-state index in [1.165, 1.54) is 36.4 Å². The zero-order valence-electron chi connectivity index (χ0n) is 19.0. The van der Waals surface area contributed by atoms with Gasteiger partial charge in [-0.15, -0.1) is 0 Å². The van der Waals surface area contributed by atoms with E-state index in [1.54, 1.807) is 0 Å². The number of piperidine rings is 1. The van der Waals surface area contributed by atoms with Crippen LogP contribution >= 0.6 is 0 Å². The number of fused-ring (bicyclic) bond motifs is 1. The Morgan fingerprint density at radius 3 is 2.24 bits per heavy atom. The quantitative estimate of drug-likeness (QED) is 0.489. The zero-order chi connectivity index (χ0) is 24.2. The number of hydrogen-bond donors (Lipinski definition) is 0. The van der Waals surface area contributed by atoms with Crippen molar-refractivity contribution in [3.8, 4) is 16.9 Å². The first kappa shape index (κ1) is 22.8. The minimum atomic E-state index is -3.35. The van der Waals surface area contributed by atoms with Crippen molar-refractivity contribution in [2.24, 2.45) is 17.8 Å². The summed E-state index contributed by atoms with van der Waals surface area (Å²) in [7, 11) is -3.35. The molecule has 0 amide bonds. The van der Waals surface area contributed by atoms with E-state index >= 15 is 0 Å². The molecule has 0 bridgehead atoms. The Bertz CT molecular complexity index is 1290. The van der Waals surface area contributed by atoms with Gasteiger partial charge in [0.2, 0.25) is 0 Å². The molecule has 0 N–H and O–H groups in total. The Morgan fingerprint density at radius 1 is 1.09 bits per heavy atom. The van der Waals surface area contributed by atoms with Crippen molar-refractivity contribution in [1.29, 1.82) is 0 Å². The lowest BCUT2D eigenvalue weighted by Gasteiger charge is -2.17. The van der Waals surface area contributed by atoms with Crippen LogP contribution in [0.1, 0.15) is 25.6 Å². The van der Waals surface area contributed by atoms with E-state index in [1.807, 2.05) is 13.8 Å². The van der Waals surface area contributed by atoms with Gasteiger partial charge < -0.3 is 14.2 Å². The smallest absolute Gasteiger partial charge is 0.324 e. The lowest BCUT2D eigenvalue weighted by molar-refractivity contribution is 0.256. The summed E-state index contributed by atoms with van der Waals surface area (Å²) < 4.78 is 63.5. The maximum Gasteiger partial charge on any atom is 0.324 e. The third-order valence-electron chi connectivity index (χ3n) is 6.62. The van der Waals surface area contributed by atoms with E-state index in [0.29, 0.717) is 34.8 Å². The molecule has 3 atom stereocenters. The molecule has 1 unspecified atom stereocenters. The van der Waals surface area contributed by atoms with E-state index < -0.39 is 27.2 Å². The lowest BCUT2D eigenvalue weighted by Crippen LogP contribution is -2.25. The van der Waals surface area contributed by atoms with Crippen LogP contribution in [-0.4, -0.2) is 44.5 Å². The van der Waals surface area contributed by atoms with Gasteiger partial charge in [-0.2, -0.15) is 4.98 Å². The van der Waals surface area contributed by atoms with E-state index in [-0.39, 0.29) is 23.3 Å². The second kappa shape index (κ2) is 8.33. The number of ether oxygens (including phenoxy) is 1. The molecule has 1 saturated carbocycles. The number of sulfone groups is 1. The molecule has 7 nitrogen and oxygen atoms in total. The molecular weight excluding hydrogens is 464 g/mol. The molecule has 180 valence electrons. The normalized spacial score (nSPS) is 21.7. The number of aromatic nitrogens is 2.